The molecule has 0 heterocycles. The Balaban J connectivity index is 2.03. The second-order valence-corrected chi connectivity index (χ2v) is 6.41. The summed E-state index contributed by atoms with van der Waals surface area (Å²) < 4.78 is 0. The lowest BCUT2D eigenvalue weighted by Gasteiger charge is -2.31. The lowest BCUT2D eigenvalue weighted by atomic mass is 9.73. The van der Waals surface area contributed by atoms with E-state index in [1.54, 1.807) is 0 Å². The van der Waals surface area contributed by atoms with E-state index in [4.69, 9.17) is 28.5 Å². The average Bonchev–Trinajstić information content (AvgIpc) is 2.50. The minimum atomic E-state index is 0.295. The molecule has 1 aliphatic rings. The Morgan fingerprint density at radius 1 is 1.10 bits per heavy atom. The van der Waals surface area contributed by atoms with Crippen molar-refractivity contribution in [2.45, 2.75) is 25.2 Å². The summed E-state index contributed by atoms with van der Waals surface area (Å²) in [6, 6.07) is 16.7. The molecule has 0 amide bonds. The van der Waals surface area contributed by atoms with Gasteiger partial charge in [0, 0.05) is 12.3 Å². The summed E-state index contributed by atoms with van der Waals surface area (Å²) in [4.78, 5) is 0. The van der Waals surface area contributed by atoms with Gasteiger partial charge in [-0.2, -0.15) is 5.26 Å². The van der Waals surface area contributed by atoms with E-state index in [1.807, 2.05) is 18.2 Å². The van der Waals surface area contributed by atoms with E-state index >= 15 is 0 Å². The van der Waals surface area contributed by atoms with Crippen molar-refractivity contribution < 1.29 is 0 Å². The van der Waals surface area contributed by atoms with Crippen molar-refractivity contribution in [3.8, 4) is 6.07 Å². The number of fused-ring (bicyclic) bond motifs is 1. The Morgan fingerprint density at radius 2 is 1.90 bits per heavy atom. The van der Waals surface area contributed by atoms with E-state index in [2.05, 4.69) is 30.3 Å². The first-order chi connectivity index (χ1) is 10.2. The molecule has 0 bridgehead atoms. The third kappa shape index (κ3) is 2.93. The van der Waals surface area contributed by atoms with Crippen LogP contribution in [0.15, 0.2) is 42.5 Å². The normalized spacial score (nSPS) is 20.6. The van der Waals surface area contributed by atoms with Gasteiger partial charge in [-0.05, 0) is 47.6 Å². The number of nitriles is 1. The molecule has 0 aliphatic heterocycles. The van der Waals surface area contributed by atoms with Crippen molar-refractivity contribution in [1.29, 1.82) is 5.26 Å². The standard InChI is InChI=1S/C18H15Cl2N/c19-17-6-5-14(11-18(17)20)16-10-12(7-8-21)9-13-3-1-2-4-15(13)16/h1-6,11-12,16H,7,9-10H2/t12-,16-/m0/s1. The molecule has 0 unspecified atom stereocenters. The highest BCUT2D eigenvalue weighted by Gasteiger charge is 2.27. The van der Waals surface area contributed by atoms with Gasteiger partial charge in [0.05, 0.1) is 16.1 Å². The third-order valence-electron chi connectivity index (χ3n) is 4.23. The van der Waals surface area contributed by atoms with Crippen molar-refractivity contribution in [3.63, 3.8) is 0 Å². The summed E-state index contributed by atoms with van der Waals surface area (Å²) in [6.45, 7) is 0. The fourth-order valence-corrected chi connectivity index (χ4v) is 3.55. The summed E-state index contributed by atoms with van der Waals surface area (Å²) in [7, 11) is 0. The van der Waals surface area contributed by atoms with Gasteiger partial charge in [-0.15, -0.1) is 0 Å². The van der Waals surface area contributed by atoms with Gasteiger partial charge in [-0.3, -0.25) is 0 Å². The van der Waals surface area contributed by atoms with Gasteiger partial charge in [0.1, 0.15) is 0 Å². The van der Waals surface area contributed by atoms with Gasteiger partial charge in [0.25, 0.3) is 0 Å². The maximum Gasteiger partial charge on any atom is 0.0624 e. The molecule has 0 aromatic heterocycles. The molecule has 21 heavy (non-hydrogen) atoms. The lowest BCUT2D eigenvalue weighted by Crippen LogP contribution is -2.19. The number of hydrogen-bond acceptors (Lipinski definition) is 1. The predicted octanol–water partition coefficient (Wildman–Crippen LogP) is 5.60. The molecule has 0 radical (unpaired) electrons. The molecule has 0 N–H and O–H groups in total. The highest BCUT2D eigenvalue weighted by molar-refractivity contribution is 6.42. The highest BCUT2D eigenvalue weighted by Crippen LogP contribution is 2.41. The Hall–Kier alpha value is -1.49. The molecule has 2 aromatic carbocycles. The van der Waals surface area contributed by atoms with Gasteiger partial charge in [0.15, 0.2) is 0 Å². The smallest absolute Gasteiger partial charge is 0.0624 e. The second-order valence-electron chi connectivity index (χ2n) is 5.59. The van der Waals surface area contributed by atoms with Crippen molar-refractivity contribution >= 4 is 23.2 Å². The Morgan fingerprint density at radius 3 is 2.67 bits per heavy atom. The van der Waals surface area contributed by atoms with Gasteiger partial charge >= 0.3 is 0 Å². The molecule has 2 aromatic rings. The molecular formula is C18H15Cl2N. The average molecular weight is 316 g/mol. The van der Waals surface area contributed by atoms with Crippen LogP contribution >= 0.6 is 23.2 Å². The summed E-state index contributed by atoms with van der Waals surface area (Å²) in [5, 5.41) is 10.2. The summed E-state index contributed by atoms with van der Waals surface area (Å²) in [6.07, 6.45) is 2.58. The van der Waals surface area contributed by atoms with E-state index in [9.17, 15) is 0 Å². The van der Waals surface area contributed by atoms with Crippen LogP contribution in [0.4, 0.5) is 0 Å². The minimum Gasteiger partial charge on any atom is -0.198 e. The van der Waals surface area contributed by atoms with Crippen LogP contribution in [0.3, 0.4) is 0 Å². The number of hydrogen-bond donors (Lipinski definition) is 0. The van der Waals surface area contributed by atoms with Gasteiger partial charge in [-0.25, -0.2) is 0 Å². The van der Waals surface area contributed by atoms with Crippen LogP contribution in [0.1, 0.15) is 35.4 Å². The first-order valence-electron chi connectivity index (χ1n) is 7.08. The summed E-state index contributed by atoms with van der Waals surface area (Å²) in [5.41, 5.74) is 3.88. The maximum atomic E-state index is 9.02. The molecular weight excluding hydrogens is 301 g/mol. The minimum absolute atomic E-state index is 0.295. The largest absolute Gasteiger partial charge is 0.198 e. The quantitative estimate of drug-likeness (QED) is 0.707. The summed E-state index contributed by atoms with van der Waals surface area (Å²) in [5.74, 6) is 0.701. The first-order valence-corrected chi connectivity index (χ1v) is 7.84. The zero-order valence-electron chi connectivity index (χ0n) is 11.5. The Kier molecular flexibility index (Phi) is 4.19. The van der Waals surface area contributed by atoms with Crippen molar-refractivity contribution in [3.05, 3.63) is 69.2 Å². The molecule has 106 valence electrons. The van der Waals surface area contributed by atoms with Crippen LogP contribution in [0, 0.1) is 17.2 Å². The fraction of sp³-hybridized carbons (Fsp3) is 0.278. The van der Waals surface area contributed by atoms with Crippen LogP contribution in [-0.2, 0) is 6.42 Å². The fourth-order valence-electron chi connectivity index (χ4n) is 3.24. The number of benzene rings is 2. The van der Waals surface area contributed by atoms with E-state index < -0.39 is 0 Å². The molecule has 0 saturated carbocycles. The number of rotatable bonds is 2. The molecule has 0 fully saturated rings. The van der Waals surface area contributed by atoms with Crippen LogP contribution < -0.4 is 0 Å². The highest BCUT2D eigenvalue weighted by atomic mass is 35.5. The van der Waals surface area contributed by atoms with Gasteiger partial charge in [0.2, 0.25) is 0 Å². The Bertz CT molecular complexity index is 703. The molecule has 0 saturated heterocycles. The van der Waals surface area contributed by atoms with E-state index in [0.717, 1.165) is 12.8 Å². The zero-order valence-corrected chi connectivity index (χ0v) is 13.0. The van der Waals surface area contributed by atoms with Crippen molar-refractivity contribution in [2.75, 3.05) is 0 Å². The molecule has 2 atom stereocenters. The molecule has 3 rings (SSSR count). The second kappa shape index (κ2) is 6.10. The van der Waals surface area contributed by atoms with Gasteiger partial charge < -0.3 is 0 Å². The van der Waals surface area contributed by atoms with Crippen molar-refractivity contribution in [2.24, 2.45) is 5.92 Å². The van der Waals surface area contributed by atoms with E-state index in [-0.39, 0.29) is 0 Å². The predicted molar refractivity (Wildman–Crippen MR) is 86.8 cm³/mol. The van der Waals surface area contributed by atoms with E-state index in [0.29, 0.717) is 28.3 Å². The van der Waals surface area contributed by atoms with E-state index in [1.165, 1.54) is 16.7 Å². The zero-order chi connectivity index (χ0) is 14.8. The SMILES string of the molecule is N#CC[C@H]1Cc2ccccc2[C@H](c2ccc(Cl)c(Cl)c2)C1. The van der Waals surface area contributed by atoms with Crippen molar-refractivity contribution in [1.82, 2.24) is 0 Å². The monoisotopic (exact) mass is 315 g/mol. The molecule has 0 spiro atoms. The number of halogens is 2. The molecule has 3 heteroatoms. The third-order valence-corrected chi connectivity index (χ3v) is 4.97. The topological polar surface area (TPSA) is 23.8 Å². The lowest BCUT2D eigenvalue weighted by molar-refractivity contribution is 0.436. The Labute approximate surface area is 135 Å². The van der Waals surface area contributed by atoms with Crippen LogP contribution in [0.25, 0.3) is 0 Å². The summed E-state index contributed by atoms with van der Waals surface area (Å²) >= 11 is 12.2. The molecule has 1 aliphatic carbocycles. The van der Waals surface area contributed by atoms with Crippen LogP contribution in [0.2, 0.25) is 10.0 Å². The first kappa shape index (κ1) is 14.4. The maximum absolute atomic E-state index is 9.02. The van der Waals surface area contributed by atoms with Gasteiger partial charge in [-0.1, -0.05) is 53.5 Å². The number of nitrogens with zero attached hydrogens (tertiary/aromatic N) is 1. The molecule has 1 nitrogen and oxygen atoms in total. The van der Waals surface area contributed by atoms with Crippen LogP contribution in [0.5, 0.6) is 0 Å². The van der Waals surface area contributed by atoms with Crippen LogP contribution in [-0.4, -0.2) is 0 Å².